The molecule has 2 amide bonds. The number of ether oxygens (including phenoxy) is 1. The van der Waals surface area contributed by atoms with Crippen molar-refractivity contribution in [1.82, 2.24) is 9.88 Å². The molecule has 0 saturated heterocycles. The molecule has 27 heavy (non-hydrogen) atoms. The fourth-order valence-corrected chi connectivity index (χ4v) is 4.51. The molecule has 3 rings (SSSR count). The summed E-state index contributed by atoms with van der Waals surface area (Å²) in [5.41, 5.74) is 2.77. The molecule has 1 atom stereocenters. The van der Waals surface area contributed by atoms with Gasteiger partial charge in [0.15, 0.2) is 5.13 Å². The summed E-state index contributed by atoms with van der Waals surface area (Å²) < 4.78 is 5.18. The molecule has 2 aromatic rings. The van der Waals surface area contributed by atoms with Crippen molar-refractivity contribution in [2.45, 2.75) is 25.8 Å². The van der Waals surface area contributed by atoms with Gasteiger partial charge in [-0.3, -0.25) is 9.59 Å². The Balaban J connectivity index is 1.66. The molecule has 1 N–H and O–H groups in total. The Labute approximate surface area is 166 Å². The smallest absolute Gasteiger partial charge is 0.251 e. The molecule has 0 saturated carbocycles. The summed E-state index contributed by atoms with van der Waals surface area (Å²) in [5.74, 6) is 0.924. The fourth-order valence-electron chi connectivity index (χ4n) is 2.80. The molecule has 142 valence electrons. The Bertz CT molecular complexity index is 848. The van der Waals surface area contributed by atoms with Gasteiger partial charge in [0.1, 0.15) is 11.1 Å². The van der Waals surface area contributed by atoms with Gasteiger partial charge >= 0.3 is 0 Å². The van der Waals surface area contributed by atoms with E-state index in [1.165, 1.54) is 23.1 Å². The number of thioether (sulfide) groups is 1. The lowest BCUT2D eigenvalue weighted by atomic mass is 10.2. The van der Waals surface area contributed by atoms with Crippen LogP contribution in [-0.4, -0.2) is 39.9 Å². The van der Waals surface area contributed by atoms with Crippen molar-refractivity contribution in [3.63, 3.8) is 0 Å². The maximum Gasteiger partial charge on any atom is 0.251 e. The number of carbonyl (C=O) groups is 2. The Morgan fingerprint density at radius 3 is 2.70 bits per heavy atom. The first-order valence-corrected chi connectivity index (χ1v) is 10.3. The molecule has 2 heterocycles. The Morgan fingerprint density at radius 1 is 1.33 bits per heavy atom. The maximum atomic E-state index is 12.7. The second-order valence-corrected chi connectivity index (χ2v) is 8.10. The minimum atomic E-state index is -0.151. The van der Waals surface area contributed by atoms with Gasteiger partial charge in [-0.25, -0.2) is 4.98 Å². The lowest BCUT2D eigenvalue weighted by molar-refractivity contribution is -0.126. The van der Waals surface area contributed by atoms with Gasteiger partial charge in [0.25, 0.3) is 5.91 Å². The van der Waals surface area contributed by atoms with Crippen molar-refractivity contribution >= 4 is 40.0 Å². The van der Waals surface area contributed by atoms with E-state index in [2.05, 4.69) is 10.3 Å². The van der Waals surface area contributed by atoms with Crippen molar-refractivity contribution in [1.29, 1.82) is 0 Å². The van der Waals surface area contributed by atoms with Crippen LogP contribution in [0.5, 0.6) is 5.75 Å². The quantitative estimate of drug-likeness (QED) is 0.766. The van der Waals surface area contributed by atoms with Crippen LogP contribution < -0.4 is 10.1 Å². The molecule has 1 aromatic heterocycles. The number of methoxy groups -OCH3 is 1. The average Bonchev–Trinajstić information content (AvgIpc) is 3.25. The molecule has 8 heteroatoms. The zero-order valence-electron chi connectivity index (χ0n) is 15.4. The molecule has 0 fully saturated rings. The summed E-state index contributed by atoms with van der Waals surface area (Å²) in [6.45, 7) is 4.29. The highest BCUT2D eigenvalue weighted by atomic mass is 32.2. The minimum Gasteiger partial charge on any atom is -0.497 e. The molecule has 1 aromatic carbocycles. The summed E-state index contributed by atoms with van der Waals surface area (Å²) in [4.78, 5) is 30.7. The third-order valence-electron chi connectivity index (χ3n) is 4.39. The zero-order valence-corrected chi connectivity index (χ0v) is 17.0. The number of nitrogens with zero attached hydrogens (tertiary/aromatic N) is 2. The Hall–Kier alpha value is -2.32. The van der Waals surface area contributed by atoms with Crippen molar-refractivity contribution in [3.8, 4) is 5.75 Å². The predicted octanol–water partition coefficient (Wildman–Crippen LogP) is 3.53. The molecule has 0 spiro atoms. The molecule has 0 radical (unpaired) electrons. The fraction of sp³-hybridized carbons (Fsp3) is 0.316. The molecule has 1 aliphatic rings. The van der Waals surface area contributed by atoms with Crippen LogP contribution in [0, 0.1) is 0 Å². The first kappa shape index (κ1) is 19.4. The van der Waals surface area contributed by atoms with E-state index < -0.39 is 0 Å². The zero-order chi connectivity index (χ0) is 19.4. The van der Waals surface area contributed by atoms with Crippen molar-refractivity contribution in [2.75, 3.05) is 18.2 Å². The molecule has 0 bridgehead atoms. The monoisotopic (exact) mass is 403 g/mol. The number of aromatic nitrogens is 1. The molecule has 1 unspecified atom stereocenters. The first-order chi connectivity index (χ1) is 13.0. The van der Waals surface area contributed by atoms with Crippen LogP contribution >= 0.6 is 23.1 Å². The first-order valence-electron chi connectivity index (χ1n) is 8.42. The second kappa shape index (κ2) is 8.58. The van der Waals surface area contributed by atoms with Gasteiger partial charge in [-0.05, 0) is 37.1 Å². The summed E-state index contributed by atoms with van der Waals surface area (Å²) in [7, 11) is 1.62. The normalized spacial score (nSPS) is 16.8. The van der Waals surface area contributed by atoms with E-state index in [1.807, 2.05) is 48.4 Å². The van der Waals surface area contributed by atoms with E-state index in [4.69, 9.17) is 4.74 Å². The van der Waals surface area contributed by atoms with E-state index in [-0.39, 0.29) is 22.9 Å². The van der Waals surface area contributed by atoms with Crippen molar-refractivity contribution < 1.29 is 14.3 Å². The van der Waals surface area contributed by atoms with Gasteiger partial charge in [0, 0.05) is 23.7 Å². The van der Waals surface area contributed by atoms with E-state index in [1.54, 1.807) is 13.3 Å². The standard InChI is InChI=1S/C19H21N3O3S2/c1-12-13(2)18(27-11-16(23)21-19-20-8-9-26-19)22(17(12)24)10-14-4-6-15(25-3)7-5-14/h4-9,18H,10-11H2,1-3H3,(H,20,21,23). The number of rotatable bonds is 7. The van der Waals surface area contributed by atoms with Crippen LogP contribution in [0.2, 0.25) is 0 Å². The predicted molar refractivity (Wildman–Crippen MR) is 109 cm³/mol. The number of anilines is 1. The molecule has 1 aliphatic heterocycles. The van der Waals surface area contributed by atoms with Crippen molar-refractivity contribution in [2.24, 2.45) is 0 Å². The third kappa shape index (κ3) is 4.51. The van der Waals surface area contributed by atoms with Crippen molar-refractivity contribution in [3.05, 3.63) is 52.6 Å². The number of benzene rings is 1. The highest BCUT2D eigenvalue weighted by Crippen LogP contribution is 2.34. The highest BCUT2D eigenvalue weighted by molar-refractivity contribution is 8.00. The Morgan fingerprint density at radius 2 is 2.07 bits per heavy atom. The molecular weight excluding hydrogens is 382 g/mol. The van der Waals surface area contributed by atoms with Crippen LogP contribution in [0.1, 0.15) is 19.4 Å². The van der Waals surface area contributed by atoms with Crippen LogP contribution in [0.4, 0.5) is 5.13 Å². The van der Waals surface area contributed by atoms with Crippen LogP contribution in [0.3, 0.4) is 0 Å². The van der Waals surface area contributed by atoms with Crippen LogP contribution in [0.15, 0.2) is 47.0 Å². The van der Waals surface area contributed by atoms with E-state index in [0.717, 1.165) is 22.5 Å². The lowest BCUT2D eigenvalue weighted by Crippen LogP contribution is -2.34. The number of thiazole rings is 1. The van der Waals surface area contributed by atoms with Gasteiger partial charge < -0.3 is 15.0 Å². The topological polar surface area (TPSA) is 71.5 Å². The maximum absolute atomic E-state index is 12.7. The van der Waals surface area contributed by atoms with E-state index in [0.29, 0.717) is 11.7 Å². The van der Waals surface area contributed by atoms with Gasteiger partial charge in [0.05, 0.1) is 12.9 Å². The molecule has 6 nitrogen and oxygen atoms in total. The summed E-state index contributed by atoms with van der Waals surface area (Å²) in [5, 5.41) is 5.02. The van der Waals surface area contributed by atoms with Crippen LogP contribution in [-0.2, 0) is 16.1 Å². The summed E-state index contributed by atoms with van der Waals surface area (Å²) in [6, 6.07) is 7.66. The summed E-state index contributed by atoms with van der Waals surface area (Å²) in [6.07, 6.45) is 1.65. The van der Waals surface area contributed by atoms with Crippen LogP contribution in [0.25, 0.3) is 0 Å². The number of hydrogen-bond donors (Lipinski definition) is 1. The van der Waals surface area contributed by atoms with E-state index in [9.17, 15) is 9.59 Å². The van der Waals surface area contributed by atoms with Gasteiger partial charge in [-0.2, -0.15) is 0 Å². The third-order valence-corrected chi connectivity index (χ3v) is 6.43. The number of carbonyl (C=O) groups excluding carboxylic acids is 2. The molecular formula is C19H21N3O3S2. The summed E-state index contributed by atoms with van der Waals surface area (Å²) >= 11 is 2.83. The van der Waals surface area contributed by atoms with Gasteiger partial charge in [-0.1, -0.05) is 12.1 Å². The SMILES string of the molecule is COc1ccc(CN2C(=O)C(C)=C(C)C2SCC(=O)Nc2nccs2)cc1. The highest BCUT2D eigenvalue weighted by Gasteiger charge is 2.35. The number of hydrogen-bond acceptors (Lipinski definition) is 6. The van der Waals surface area contributed by atoms with Gasteiger partial charge in [-0.15, -0.1) is 23.1 Å². The lowest BCUT2D eigenvalue weighted by Gasteiger charge is -2.26. The average molecular weight is 404 g/mol. The number of amides is 2. The molecule has 0 aliphatic carbocycles. The largest absolute Gasteiger partial charge is 0.497 e. The Kier molecular flexibility index (Phi) is 6.18. The minimum absolute atomic E-state index is 0.0150. The second-order valence-electron chi connectivity index (χ2n) is 6.14. The number of nitrogens with one attached hydrogen (secondary N) is 1. The van der Waals surface area contributed by atoms with E-state index >= 15 is 0 Å². The van der Waals surface area contributed by atoms with Gasteiger partial charge in [0.2, 0.25) is 5.91 Å².